The molecule has 0 radical (unpaired) electrons. The molecule has 0 aromatic carbocycles. The number of carbonyl (C=O) groups excluding carboxylic acids is 1. The standard InChI is InChI=1S/C18H25F3N6O3.CH2O2/c1-12-8-15(28)26(9-12)17(11-27(29)30)4-2-13(3-5-17)24-6-7-25-14(10-24)22-23-16(25)18(19,20)21;2-1-3/h12-13H,2-11H2,1H3;1H,(H,2,3). The molecule has 3 heterocycles. The van der Waals surface area contributed by atoms with Crippen LogP contribution in [-0.2, 0) is 28.9 Å². The van der Waals surface area contributed by atoms with E-state index < -0.39 is 17.5 Å². The highest BCUT2D eigenvalue weighted by Gasteiger charge is 2.50. The Morgan fingerprint density at radius 3 is 2.42 bits per heavy atom. The number of alkyl halides is 3. The third-order valence-corrected chi connectivity index (χ3v) is 6.75. The van der Waals surface area contributed by atoms with Crippen LogP contribution in [0.4, 0.5) is 13.2 Å². The van der Waals surface area contributed by atoms with E-state index in [2.05, 4.69) is 15.1 Å². The Hall–Kier alpha value is -2.77. The summed E-state index contributed by atoms with van der Waals surface area (Å²) in [7, 11) is 0. The lowest BCUT2D eigenvalue weighted by atomic mass is 9.77. The van der Waals surface area contributed by atoms with Gasteiger partial charge in [-0.1, -0.05) is 6.92 Å². The number of carboxylic acid groups (broad SMARTS) is 1. The van der Waals surface area contributed by atoms with E-state index >= 15 is 0 Å². The van der Waals surface area contributed by atoms with Crippen LogP contribution in [0.25, 0.3) is 0 Å². The van der Waals surface area contributed by atoms with E-state index in [0.717, 1.165) is 4.57 Å². The fourth-order valence-electron chi connectivity index (χ4n) is 5.30. The van der Waals surface area contributed by atoms with Crippen LogP contribution in [0.5, 0.6) is 0 Å². The molecule has 1 aromatic rings. The summed E-state index contributed by atoms with van der Waals surface area (Å²) in [6.45, 7) is 2.89. The van der Waals surface area contributed by atoms with E-state index in [9.17, 15) is 28.1 Å². The van der Waals surface area contributed by atoms with E-state index in [0.29, 0.717) is 51.0 Å². The summed E-state index contributed by atoms with van der Waals surface area (Å²) in [5.41, 5.74) is -0.763. The van der Waals surface area contributed by atoms with Crippen molar-refractivity contribution in [1.82, 2.24) is 24.6 Å². The minimum absolute atomic E-state index is 0.0199. The van der Waals surface area contributed by atoms with E-state index in [1.54, 1.807) is 4.90 Å². The fourth-order valence-corrected chi connectivity index (χ4v) is 5.30. The van der Waals surface area contributed by atoms with Gasteiger partial charge in [0.1, 0.15) is 11.4 Å². The fraction of sp³-hybridized carbons (Fsp3) is 0.789. The van der Waals surface area contributed by atoms with Crippen molar-refractivity contribution in [3.8, 4) is 0 Å². The van der Waals surface area contributed by atoms with Crippen LogP contribution < -0.4 is 0 Å². The number of aromatic nitrogens is 3. The van der Waals surface area contributed by atoms with Crippen molar-refractivity contribution in [2.45, 2.75) is 69.9 Å². The van der Waals surface area contributed by atoms with E-state index in [4.69, 9.17) is 9.90 Å². The molecule has 1 N–H and O–H groups in total. The summed E-state index contributed by atoms with van der Waals surface area (Å²) in [5.74, 6) is -0.504. The van der Waals surface area contributed by atoms with Gasteiger partial charge in [0.05, 0.1) is 6.54 Å². The Morgan fingerprint density at radius 2 is 1.91 bits per heavy atom. The van der Waals surface area contributed by atoms with Crippen LogP contribution in [0.3, 0.4) is 0 Å². The first-order chi connectivity index (χ1) is 15.5. The van der Waals surface area contributed by atoms with Crippen LogP contribution in [0.2, 0.25) is 0 Å². The number of rotatable bonds is 4. The number of likely N-dealkylation sites (tertiary alicyclic amines) is 1. The summed E-state index contributed by atoms with van der Waals surface area (Å²) in [6.07, 6.45) is -1.74. The van der Waals surface area contributed by atoms with Gasteiger partial charge in [0.2, 0.25) is 18.3 Å². The minimum Gasteiger partial charge on any atom is -0.483 e. The van der Waals surface area contributed by atoms with E-state index in [-0.39, 0.29) is 48.9 Å². The van der Waals surface area contributed by atoms with Gasteiger partial charge in [-0.05, 0) is 31.6 Å². The molecule has 1 atom stereocenters. The average molecular weight is 476 g/mol. The second kappa shape index (κ2) is 9.61. The Bertz CT molecular complexity index is 884. The normalized spacial score (nSPS) is 28.1. The average Bonchev–Trinajstić information content (AvgIpc) is 3.31. The number of carbonyl (C=O) groups is 2. The molecular weight excluding hydrogens is 449 g/mol. The van der Waals surface area contributed by atoms with Gasteiger partial charge < -0.3 is 14.6 Å². The van der Waals surface area contributed by atoms with Crippen molar-refractivity contribution in [3.63, 3.8) is 0 Å². The molecule has 33 heavy (non-hydrogen) atoms. The van der Waals surface area contributed by atoms with Crippen molar-refractivity contribution >= 4 is 12.4 Å². The molecule has 0 bridgehead atoms. The van der Waals surface area contributed by atoms with Gasteiger partial charge in [0.15, 0.2) is 0 Å². The lowest BCUT2D eigenvalue weighted by Gasteiger charge is -2.46. The van der Waals surface area contributed by atoms with Crippen molar-refractivity contribution in [2.24, 2.45) is 5.92 Å². The number of nitrogens with zero attached hydrogens (tertiary/aromatic N) is 6. The van der Waals surface area contributed by atoms with Crippen molar-refractivity contribution in [1.29, 1.82) is 0 Å². The van der Waals surface area contributed by atoms with Crippen LogP contribution in [0.15, 0.2) is 0 Å². The molecule has 1 amide bonds. The predicted molar refractivity (Wildman–Crippen MR) is 106 cm³/mol. The number of amides is 1. The Kier molecular flexibility index (Phi) is 7.24. The third-order valence-electron chi connectivity index (χ3n) is 6.75. The zero-order chi connectivity index (χ0) is 24.4. The second-order valence-electron chi connectivity index (χ2n) is 8.93. The highest BCUT2D eigenvalue weighted by molar-refractivity contribution is 5.79. The molecule has 3 aliphatic rings. The van der Waals surface area contributed by atoms with Crippen LogP contribution >= 0.6 is 0 Å². The first-order valence-electron chi connectivity index (χ1n) is 10.7. The van der Waals surface area contributed by atoms with Gasteiger partial charge in [-0.25, -0.2) is 0 Å². The minimum atomic E-state index is -4.53. The highest BCUT2D eigenvalue weighted by atomic mass is 19.4. The van der Waals surface area contributed by atoms with Gasteiger partial charge in [-0.2, -0.15) is 13.2 Å². The molecule has 1 unspecified atom stereocenters. The Morgan fingerprint density at radius 1 is 1.27 bits per heavy atom. The zero-order valence-electron chi connectivity index (χ0n) is 18.2. The highest BCUT2D eigenvalue weighted by Crippen LogP contribution is 2.40. The molecule has 1 saturated carbocycles. The molecule has 11 nitrogen and oxygen atoms in total. The molecule has 4 rings (SSSR count). The summed E-state index contributed by atoms with van der Waals surface area (Å²) in [4.78, 5) is 35.7. The summed E-state index contributed by atoms with van der Waals surface area (Å²) in [5, 5.41) is 25.3. The van der Waals surface area contributed by atoms with Gasteiger partial charge in [0, 0.05) is 37.0 Å². The first kappa shape index (κ1) is 24.9. The van der Waals surface area contributed by atoms with Crippen molar-refractivity contribution in [2.75, 3.05) is 19.6 Å². The molecular formula is C19H27F3N6O5. The Balaban J connectivity index is 0.000000968. The predicted octanol–water partition coefficient (Wildman–Crippen LogP) is 1.64. The van der Waals surface area contributed by atoms with Crippen LogP contribution in [0, 0.1) is 16.0 Å². The maximum absolute atomic E-state index is 13.0. The second-order valence-corrected chi connectivity index (χ2v) is 8.93. The molecule has 184 valence electrons. The first-order valence-corrected chi connectivity index (χ1v) is 10.7. The topological polar surface area (TPSA) is 135 Å². The zero-order valence-corrected chi connectivity index (χ0v) is 18.2. The molecule has 1 aliphatic carbocycles. The molecule has 2 aliphatic heterocycles. The van der Waals surface area contributed by atoms with E-state index in [1.807, 2.05) is 6.92 Å². The van der Waals surface area contributed by atoms with E-state index in [1.165, 1.54) is 0 Å². The van der Waals surface area contributed by atoms with Gasteiger partial charge >= 0.3 is 6.18 Å². The van der Waals surface area contributed by atoms with Crippen molar-refractivity contribution in [3.05, 3.63) is 21.8 Å². The number of hydrogen-bond acceptors (Lipinski definition) is 7. The number of hydrogen-bond donors (Lipinski definition) is 1. The van der Waals surface area contributed by atoms with Crippen molar-refractivity contribution < 1.29 is 32.8 Å². The third kappa shape index (κ3) is 5.25. The van der Waals surface area contributed by atoms with Gasteiger partial charge in [-0.3, -0.25) is 24.6 Å². The maximum atomic E-state index is 13.0. The molecule has 14 heteroatoms. The molecule has 0 spiro atoms. The lowest BCUT2D eigenvalue weighted by molar-refractivity contribution is -0.496. The van der Waals surface area contributed by atoms with Crippen LogP contribution in [-0.4, -0.2) is 78.2 Å². The summed E-state index contributed by atoms with van der Waals surface area (Å²) < 4.78 is 40.2. The lowest BCUT2D eigenvalue weighted by Crippen LogP contribution is -2.58. The monoisotopic (exact) mass is 476 g/mol. The summed E-state index contributed by atoms with van der Waals surface area (Å²) >= 11 is 0. The Labute approximate surface area is 187 Å². The smallest absolute Gasteiger partial charge is 0.451 e. The SMILES string of the molecule is CC1CC(=O)N(C2(C[N+](=O)[O-])CCC(N3CCn4c(nnc4C(F)(F)F)C3)CC2)C1.O=CO. The van der Waals surface area contributed by atoms with Gasteiger partial charge in [-0.15, -0.1) is 10.2 Å². The maximum Gasteiger partial charge on any atom is 0.451 e. The molecule has 1 aromatic heterocycles. The number of fused-ring (bicyclic) bond motifs is 1. The van der Waals surface area contributed by atoms with Gasteiger partial charge in [0.25, 0.3) is 6.47 Å². The number of halogens is 3. The quantitative estimate of drug-likeness (QED) is 0.394. The number of nitro groups is 1. The molecule has 2 fully saturated rings. The largest absolute Gasteiger partial charge is 0.483 e. The molecule has 1 saturated heterocycles. The van der Waals surface area contributed by atoms with Crippen LogP contribution in [0.1, 0.15) is 50.7 Å². The summed E-state index contributed by atoms with van der Waals surface area (Å²) in [6, 6.07) is 0.0970.